The number of amides is 1. The number of hydrogen-bond donors (Lipinski definition) is 1. The number of ether oxygens (including phenoxy) is 1. The molecule has 2 aromatic carbocycles. The number of thioether (sulfide) groups is 1. The van der Waals surface area contributed by atoms with Crippen molar-refractivity contribution in [3.05, 3.63) is 81.7 Å². The van der Waals surface area contributed by atoms with Crippen molar-refractivity contribution in [1.82, 2.24) is 4.90 Å². The van der Waals surface area contributed by atoms with Gasteiger partial charge in [0.1, 0.15) is 5.00 Å². The Morgan fingerprint density at radius 1 is 1.13 bits per heavy atom. The molecule has 0 radical (unpaired) electrons. The number of fused-ring (bicyclic) bond motifs is 1. The molecule has 4 rings (SSSR count). The van der Waals surface area contributed by atoms with Crippen molar-refractivity contribution < 1.29 is 14.3 Å². The van der Waals surface area contributed by atoms with Gasteiger partial charge in [0.25, 0.3) is 5.91 Å². The summed E-state index contributed by atoms with van der Waals surface area (Å²) in [4.78, 5) is 29.9. The molecule has 0 saturated carbocycles. The lowest BCUT2D eigenvalue weighted by molar-refractivity contribution is 0.0600. The number of thiophene rings is 1. The number of nitrogens with one attached hydrogen (secondary N) is 1. The highest BCUT2D eigenvalue weighted by atomic mass is 32.2. The van der Waals surface area contributed by atoms with Crippen LogP contribution in [0, 0.1) is 0 Å². The summed E-state index contributed by atoms with van der Waals surface area (Å²) in [6.45, 7) is 2.46. The Kier molecular flexibility index (Phi) is 6.75. The van der Waals surface area contributed by atoms with E-state index in [0.717, 1.165) is 41.4 Å². The molecule has 2 heterocycles. The quantitative estimate of drug-likeness (QED) is 0.418. The zero-order chi connectivity index (χ0) is 21.8. The number of carbonyl (C=O) groups excluding carboxylic acids is 2. The van der Waals surface area contributed by atoms with Crippen LogP contribution in [0.3, 0.4) is 0 Å². The van der Waals surface area contributed by atoms with Crippen molar-refractivity contribution in [2.45, 2.75) is 24.4 Å². The summed E-state index contributed by atoms with van der Waals surface area (Å²) >= 11 is 3.10. The van der Waals surface area contributed by atoms with Crippen LogP contribution in [0.15, 0.2) is 59.5 Å². The van der Waals surface area contributed by atoms with Gasteiger partial charge in [0.05, 0.1) is 12.7 Å². The molecule has 31 heavy (non-hydrogen) atoms. The molecule has 1 aliphatic heterocycles. The molecule has 0 saturated heterocycles. The Hall–Kier alpha value is -2.61. The van der Waals surface area contributed by atoms with Gasteiger partial charge in [-0.2, -0.15) is 0 Å². The van der Waals surface area contributed by atoms with E-state index in [-0.39, 0.29) is 5.91 Å². The zero-order valence-corrected chi connectivity index (χ0v) is 19.1. The van der Waals surface area contributed by atoms with E-state index in [4.69, 9.17) is 4.74 Å². The standard InChI is InChI=1S/C24H24N2O3S2/c1-29-24(28)21-19-12-13-26(14-16-6-4-3-5-7-16)15-20(19)31-23(21)25-22(27)17-8-10-18(30-2)11-9-17/h3-11H,12-15H2,1-2H3,(H,25,27). The molecular formula is C24H24N2O3S2. The van der Waals surface area contributed by atoms with E-state index in [2.05, 4.69) is 22.3 Å². The van der Waals surface area contributed by atoms with E-state index in [0.29, 0.717) is 16.1 Å². The summed E-state index contributed by atoms with van der Waals surface area (Å²) in [6.07, 6.45) is 2.75. The highest BCUT2D eigenvalue weighted by Gasteiger charge is 2.29. The van der Waals surface area contributed by atoms with Crippen molar-refractivity contribution >= 4 is 40.0 Å². The predicted molar refractivity (Wildman–Crippen MR) is 126 cm³/mol. The summed E-state index contributed by atoms with van der Waals surface area (Å²) in [5.74, 6) is -0.625. The maximum Gasteiger partial charge on any atom is 0.341 e. The molecule has 1 aliphatic rings. The van der Waals surface area contributed by atoms with Gasteiger partial charge >= 0.3 is 5.97 Å². The maximum atomic E-state index is 12.8. The van der Waals surface area contributed by atoms with Gasteiger partial charge in [-0.1, -0.05) is 30.3 Å². The minimum absolute atomic E-state index is 0.224. The van der Waals surface area contributed by atoms with Crippen LogP contribution in [0.25, 0.3) is 0 Å². The van der Waals surface area contributed by atoms with Crippen LogP contribution < -0.4 is 5.32 Å². The van der Waals surface area contributed by atoms with Gasteiger partial charge in [0.15, 0.2) is 0 Å². The molecule has 7 heteroatoms. The van der Waals surface area contributed by atoms with E-state index in [1.54, 1.807) is 23.9 Å². The maximum absolute atomic E-state index is 12.8. The number of carbonyl (C=O) groups is 2. The zero-order valence-electron chi connectivity index (χ0n) is 17.5. The van der Waals surface area contributed by atoms with Gasteiger partial charge in [-0.15, -0.1) is 23.1 Å². The first-order chi connectivity index (χ1) is 15.1. The van der Waals surface area contributed by atoms with Gasteiger partial charge in [0.2, 0.25) is 0 Å². The van der Waals surface area contributed by atoms with Crippen LogP contribution in [-0.4, -0.2) is 36.7 Å². The largest absolute Gasteiger partial charge is 0.465 e. The minimum Gasteiger partial charge on any atom is -0.465 e. The molecule has 160 valence electrons. The Morgan fingerprint density at radius 3 is 2.55 bits per heavy atom. The number of rotatable bonds is 6. The highest BCUT2D eigenvalue weighted by molar-refractivity contribution is 7.98. The van der Waals surface area contributed by atoms with Gasteiger partial charge in [0, 0.05) is 35.0 Å². The predicted octanol–water partition coefficient (Wildman–Crippen LogP) is 5.07. The third-order valence-electron chi connectivity index (χ3n) is 5.35. The lowest BCUT2D eigenvalue weighted by Gasteiger charge is -2.27. The molecule has 0 bridgehead atoms. The van der Waals surface area contributed by atoms with Crippen molar-refractivity contribution in [2.75, 3.05) is 25.2 Å². The molecule has 1 aromatic heterocycles. The number of anilines is 1. The fourth-order valence-corrected chi connectivity index (χ4v) is 5.44. The third kappa shape index (κ3) is 4.84. The van der Waals surface area contributed by atoms with Gasteiger partial charge in [-0.25, -0.2) is 4.79 Å². The summed E-state index contributed by atoms with van der Waals surface area (Å²) in [5, 5.41) is 3.52. The molecule has 3 aromatic rings. The highest BCUT2D eigenvalue weighted by Crippen LogP contribution is 2.38. The van der Waals surface area contributed by atoms with Crippen LogP contribution in [0.2, 0.25) is 0 Å². The van der Waals surface area contributed by atoms with Gasteiger partial charge in [-0.05, 0) is 48.1 Å². The van der Waals surface area contributed by atoms with Gasteiger partial charge < -0.3 is 10.1 Å². The molecule has 1 N–H and O–H groups in total. The lowest BCUT2D eigenvalue weighted by atomic mass is 10.0. The van der Waals surface area contributed by atoms with Crippen LogP contribution >= 0.6 is 23.1 Å². The first kappa shape index (κ1) is 21.6. The third-order valence-corrected chi connectivity index (χ3v) is 7.23. The van der Waals surface area contributed by atoms with Gasteiger partial charge in [-0.3, -0.25) is 9.69 Å². The Labute approximate surface area is 190 Å². The normalized spacial score (nSPS) is 13.5. The molecule has 0 unspecified atom stereocenters. The molecule has 0 atom stereocenters. The summed E-state index contributed by atoms with van der Waals surface area (Å²) < 4.78 is 5.04. The first-order valence-corrected chi connectivity index (χ1v) is 12.1. The topological polar surface area (TPSA) is 58.6 Å². The second kappa shape index (κ2) is 9.68. The van der Waals surface area contributed by atoms with Crippen LogP contribution in [0.5, 0.6) is 0 Å². The average Bonchev–Trinajstić information content (AvgIpc) is 3.16. The second-order valence-corrected chi connectivity index (χ2v) is 9.31. The monoisotopic (exact) mass is 452 g/mol. The fourth-order valence-electron chi connectivity index (χ4n) is 3.76. The summed E-state index contributed by atoms with van der Waals surface area (Å²) in [7, 11) is 1.38. The Bertz CT molecular complexity index is 1080. The van der Waals surface area contributed by atoms with Crippen molar-refractivity contribution in [1.29, 1.82) is 0 Å². The lowest BCUT2D eigenvalue weighted by Crippen LogP contribution is -2.29. The number of methoxy groups -OCH3 is 1. The fraction of sp³-hybridized carbons (Fsp3) is 0.250. The smallest absolute Gasteiger partial charge is 0.341 e. The number of esters is 1. The van der Waals surface area contributed by atoms with E-state index >= 15 is 0 Å². The van der Waals surface area contributed by atoms with Crippen molar-refractivity contribution in [3.8, 4) is 0 Å². The molecule has 0 aliphatic carbocycles. The van der Waals surface area contributed by atoms with Crippen LogP contribution in [0.4, 0.5) is 5.00 Å². The van der Waals surface area contributed by atoms with E-state index < -0.39 is 5.97 Å². The van der Waals surface area contributed by atoms with E-state index in [9.17, 15) is 9.59 Å². The molecular weight excluding hydrogens is 428 g/mol. The minimum atomic E-state index is -0.401. The SMILES string of the molecule is COC(=O)c1c(NC(=O)c2ccc(SC)cc2)sc2c1CCN(Cc1ccccc1)C2. The summed E-state index contributed by atoms with van der Waals surface area (Å²) in [6, 6.07) is 17.8. The number of nitrogens with zero attached hydrogens (tertiary/aromatic N) is 1. The molecule has 5 nitrogen and oxygen atoms in total. The van der Waals surface area contributed by atoms with Crippen molar-refractivity contribution in [3.63, 3.8) is 0 Å². The van der Waals surface area contributed by atoms with Crippen LogP contribution in [-0.2, 0) is 24.2 Å². The molecule has 1 amide bonds. The second-order valence-electron chi connectivity index (χ2n) is 7.33. The first-order valence-electron chi connectivity index (χ1n) is 10.0. The molecule has 0 spiro atoms. The van der Waals surface area contributed by atoms with Crippen LogP contribution in [0.1, 0.15) is 36.7 Å². The molecule has 0 fully saturated rings. The van der Waals surface area contributed by atoms with Crippen molar-refractivity contribution in [2.24, 2.45) is 0 Å². The van der Waals surface area contributed by atoms with E-state index in [1.807, 2.05) is 36.6 Å². The Balaban J connectivity index is 1.57. The number of benzene rings is 2. The summed E-state index contributed by atoms with van der Waals surface area (Å²) in [5.41, 5.74) is 3.31. The average molecular weight is 453 g/mol. The number of hydrogen-bond acceptors (Lipinski definition) is 6. The Morgan fingerprint density at radius 2 is 1.87 bits per heavy atom. The van der Waals surface area contributed by atoms with E-state index in [1.165, 1.54) is 24.0 Å².